The monoisotopic (exact) mass is 269 g/mol. The number of thiazole rings is 1. The summed E-state index contributed by atoms with van der Waals surface area (Å²) < 4.78 is 4.05. The van der Waals surface area contributed by atoms with Gasteiger partial charge in [-0.05, 0) is 25.4 Å². The molecule has 0 amide bonds. The first kappa shape index (κ1) is 12.0. The fourth-order valence-electron chi connectivity index (χ4n) is 1.40. The molecular weight excluding hydrogens is 258 g/mol. The Kier molecular flexibility index (Phi) is 3.39. The van der Waals surface area contributed by atoms with Gasteiger partial charge >= 0.3 is 5.97 Å². The molecule has 2 aromatic heterocycles. The third kappa shape index (κ3) is 2.45. The zero-order valence-electron chi connectivity index (χ0n) is 9.35. The first-order chi connectivity index (χ1) is 8.09. The molecule has 0 aliphatic rings. The normalized spacial score (nSPS) is 10.5. The minimum atomic E-state index is -0.945. The maximum atomic E-state index is 11.0. The second-order valence-corrected chi connectivity index (χ2v) is 5.20. The van der Waals surface area contributed by atoms with E-state index in [1.807, 2.05) is 6.92 Å². The molecular formula is C10H11N3O2S2. The van der Waals surface area contributed by atoms with Crippen LogP contribution in [0.5, 0.6) is 0 Å². The molecule has 0 bridgehead atoms. The summed E-state index contributed by atoms with van der Waals surface area (Å²) in [6.45, 7) is 4.21. The van der Waals surface area contributed by atoms with Crippen molar-refractivity contribution < 1.29 is 9.90 Å². The van der Waals surface area contributed by atoms with E-state index in [9.17, 15) is 4.79 Å². The Hall–Kier alpha value is -1.47. The van der Waals surface area contributed by atoms with Gasteiger partial charge in [0.25, 0.3) is 0 Å². The lowest BCUT2D eigenvalue weighted by atomic mass is 10.2. The summed E-state index contributed by atoms with van der Waals surface area (Å²) in [7, 11) is 0. The fraction of sp³-hybridized carbons (Fsp3) is 0.300. The molecule has 0 spiro atoms. The summed E-state index contributed by atoms with van der Waals surface area (Å²) in [4.78, 5) is 16.3. The maximum absolute atomic E-state index is 11.0. The molecule has 2 rings (SSSR count). The number of aromatic nitrogens is 2. The molecule has 0 aliphatic carbocycles. The van der Waals surface area contributed by atoms with Crippen LogP contribution in [0.4, 0.5) is 5.00 Å². The van der Waals surface area contributed by atoms with Gasteiger partial charge in [0.2, 0.25) is 0 Å². The Morgan fingerprint density at radius 1 is 1.47 bits per heavy atom. The lowest BCUT2D eigenvalue weighted by Crippen LogP contribution is -2.04. The Morgan fingerprint density at radius 3 is 2.82 bits per heavy atom. The Morgan fingerprint density at radius 2 is 2.24 bits per heavy atom. The highest BCUT2D eigenvalue weighted by Gasteiger charge is 2.17. The van der Waals surface area contributed by atoms with Crippen LogP contribution in [0.2, 0.25) is 0 Å². The van der Waals surface area contributed by atoms with Gasteiger partial charge in [0.1, 0.15) is 10.6 Å². The average molecular weight is 269 g/mol. The topological polar surface area (TPSA) is 75.1 Å². The molecule has 90 valence electrons. The van der Waals surface area contributed by atoms with Gasteiger partial charge in [-0.2, -0.15) is 4.37 Å². The Bertz CT molecular complexity index is 547. The van der Waals surface area contributed by atoms with Crippen molar-refractivity contribution in [1.29, 1.82) is 0 Å². The van der Waals surface area contributed by atoms with Gasteiger partial charge in [0.05, 0.1) is 23.4 Å². The number of carboxylic acids is 1. The van der Waals surface area contributed by atoms with Crippen molar-refractivity contribution in [1.82, 2.24) is 9.36 Å². The molecule has 0 saturated carbocycles. The lowest BCUT2D eigenvalue weighted by Gasteiger charge is -2.03. The summed E-state index contributed by atoms with van der Waals surface area (Å²) >= 11 is 2.73. The van der Waals surface area contributed by atoms with E-state index < -0.39 is 5.97 Å². The van der Waals surface area contributed by atoms with E-state index in [1.54, 1.807) is 23.8 Å². The minimum absolute atomic E-state index is 0.261. The zero-order chi connectivity index (χ0) is 12.4. The molecule has 2 heterocycles. The van der Waals surface area contributed by atoms with Crippen LogP contribution < -0.4 is 5.32 Å². The number of carbonyl (C=O) groups is 1. The van der Waals surface area contributed by atoms with Crippen molar-refractivity contribution in [2.45, 2.75) is 20.4 Å². The van der Waals surface area contributed by atoms with Gasteiger partial charge in [-0.3, -0.25) is 0 Å². The van der Waals surface area contributed by atoms with E-state index in [0.29, 0.717) is 17.2 Å². The average Bonchev–Trinajstić information content (AvgIpc) is 2.82. The highest BCUT2D eigenvalue weighted by atomic mass is 32.1. The van der Waals surface area contributed by atoms with Gasteiger partial charge in [-0.25, -0.2) is 9.78 Å². The molecule has 0 fully saturated rings. The third-order valence-electron chi connectivity index (χ3n) is 2.33. The molecule has 0 saturated heterocycles. The van der Waals surface area contributed by atoms with Crippen LogP contribution in [0.25, 0.3) is 0 Å². The van der Waals surface area contributed by atoms with Gasteiger partial charge in [-0.1, -0.05) is 0 Å². The second kappa shape index (κ2) is 4.80. The summed E-state index contributed by atoms with van der Waals surface area (Å²) in [5, 5.41) is 12.8. The molecule has 17 heavy (non-hydrogen) atoms. The smallest absolute Gasteiger partial charge is 0.340 e. The predicted octanol–water partition coefficient (Wildman–Crippen LogP) is 2.53. The van der Waals surface area contributed by atoms with Gasteiger partial charge in [-0.15, -0.1) is 11.3 Å². The van der Waals surface area contributed by atoms with Crippen molar-refractivity contribution in [2.75, 3.05) is 5.32 Å². The number of anilines is 1. The fourth-order valence-corrected chi connectivity index (χ4v) is 2.90. The van der Waals surface area contributed by atoms with E-state index in [2.05, 4.69) is 14.7 Å². The number of nitrogens with zero attached hydrogens (tertiary/aromatic N) is 2. The number of carboxylic acid groups (broad SMARTS) is 1. The highest BCUT2D eigenvalue weighted by Crippen LogP contribution is 2.25. The molecule has 2 aromatic rings. The largest absolute Gasteiger partial charge is 0.478 e. The standard InChI is InChI=1S/C10H11N3O2S2/c1-5-7(16-4-12-5)3-11-9-8(10(14)15)6(2)13-17-9/h4,11H,3H2,1-2H3,(H,14,15). The Balaban J connectivity index is 2.15. The number of hydrogen-bond acceptors (Lipinski definition) is 6. The van der Waals surface area contributed by atoms with E-state index in [1.165, 1.54) is 11.5 Å². The summed E-state index contributed by atoms with van der Waals surface area (Å²) in [6.07, 6.45) is 0. The van der Waals surface area contributed by atoms with E-state index in [0.717, 1.165) is 10.6 Å². The predicted molar refractivity (Wildman–Crippen MR) is 68.0 cm³/mol. The van der Waals surface area contributed by atoms with Crippen LogP contribution in [0.3, 0.4) is 0 Å². The Labute approximate surface area is 106 Å². The summed E-state index contributed by atoms with van der Waals surface area (Å²) in [5.41, 5.74) is 3.56. The van der Waals surface area contributed by atoms with Crippen LogP contribution in [-0.4, -0.2) is 20.4 Å². The van der Waals surface area contributed by atoms with Crippen LogP contribution in [-0.2, 0) is 6.54 Å². The maximum Gasteiger partial charge on any atom is 0.340 e. The van der Waals surface area contributed by atoms with Gasteiger partial charge < -0.3 is 10.4 Å². The lowest BCUT2D eigenvalue weighted by molar-refractivity contribution is 0.0697. The molecule has 0 radical (unpaired) electrons. The van der Waals surface area contributed by atoms with Crippen molar-refractivity contribution >= 4 is 33.8 Å². The number of hydrogen-bond donors (Lipinski definition) is 2. The van der Waals surface area contributed by atoms with Crippen LogP contribution in [0.15, 0.2) is 5.51 Å². The van der Waals surface area contributed by atoms with Crippen LogP contribution in [0.1, 0.15) is 26.6 Å². The second-order valence-electron chi connectivity index (χ2n) is 3.49. The van der Waals surface area contributed by atoms with Gasteiger partial charge in [0.15, 0.2) is 0 Å². The van der Waals surface area contributed by atoms with E-state index >= 15 is 0 Å². The first-order valence-corrected chi connectivity index (χ1v) is 6.57. The molecule has 0 unspecified atom stereocenters. The van der Waals surface area contributed by atoms with Crippen molar-refractivity contribution in [3.63, 3.8) is 0 Å². The first-order valence-electron chi connectivity index (χ1n) is 4.92. The van der Waals surface area contributed by atoms with E-state index in [-0.39, 0.29) is 5.56 Å². The molecule has 0 aliphatic heterocycles. The minimum Gasteiger partial charge on any atom is -0.478 e. The van der Waals surface area contributed by atoms with Crippen LogP contribution in [0, 0.1) is 13.8 Å². The van der Waals surface area contributed by atoms with E-state index in [4.69, 9.17) is 5.11 Å². The van der Waals surface area contributed by atoms with Crippen molar-refractivity contribution in [2.24, 2.45) is 0 Å². The SMILES string of the molecule is Cc1ncsc1CNc1snc(C)c1C(=O)O. The molecule has 7 heteroatoms. The van der Waals surface area contributed by atoms with Gasteiger partial charge in [0, 0.05) is 4.88 Å². The van der Waals surface area contributed by atoms with Crippen LogP contribution >= 0.6 is 22.9 Å². The highest BCUT2D eigenvalue weighted by molar-refractivity contribution is 7.11. The quantitative estimate of drug-likeness (QED) is 0.892. The molecule has 0 atom stereocenters. The number of aryl methyl sites for hydroxylation is 2. The summed E-state index contributed by atoms with van der Waals surface area (Å²) in [5.74, 6) is -0.945. The third-order valence-corrected chi connectivity index (χ3v) is 4.16. The number of nitrogens with one attached hydrogen (secondary N) is 1. The van der Waals surface area contributed by atoms with Crippen molar-refractivity contribution in [3.05, 3.63) is 27.3 Å². The number of rotatable bonds is 4. The van der Waals surface area contributed by atoms with Crippen molar-refractivity contribution in [3.8, 4) is 0 Å². The molecule has 5 nitrogen and oxygen atoms in total. The molecule has 0 aromatic carbocycles. The summed E-state index contributed by atoms with van der Waals surface area (Å²) in [6, 6.07) is 0. The molecule has 2 N–H and O–H groups in total. The zero-order valence-corrected chi connectivity index (χ0v) is 11.0. The number of aromatic carboxylic acids is 1.